The lowest BCUT2D eigenvalue weighted by atomic mass is 9.90. The molecule has 2 aliphatic rings. The zero-order chi connectivity index (χ0) is 18.5. The molecular formula is C23H29N3O. The van der Waals surface area contributed by atoms with Crippen molar-refractivity contribution in [2.75, 3.05) is 24.5 Å². The van der Waals surface area contributed by atoms with Crippen LogP contribution in [0.1, 0.15) is 31.2 Å². The maximum absolute atomic E-state index is 12.3. The fraction of sp³-hybridized carbons (Fsp3) is 0.435. The highest BCUT2D eigenvalue weighted by Gasteiger charge is 2.32. The molecule has 4 rings (SSSR count). The van der Waals surface area contributed by atoms with E-state index in [0.717, 1.165) is 31.1 Å². The van der Waals surface area contributed by atoms with Gasteiger partial charge in [0.15, 0.2) is 0 Å². The lowest BCUT2D eigenvalue weighted by Gasteiger charge is -2.33. The van der Waals surface area contributed by atoms with Crippen LogP contribution < -0.4 is 10.2 Å². The number of carbonyl (C=O) groups excluding carboxylic acids is 1. The van der Waals surface area contributed by atoms with Crippen LogP contribution in [0.5, 0.6) is 0 Å². The van der Waals surface area contributed by atoms with Crippen molar-refractivity contribution in [3.8, 4) is 0 Å². The molecule has 2 heterocycles. The van der Waals surface area contributed by atoms with Gasteiger partial charge >= 0.3 is 6.03 Å². The third-order valence-corrected chi connectivity index (χ3v) is 5.97. The molecular weight excluding hydrogens is 334 g/mol. The van der Waals surface area contributed by atoms with E-state index in [0.29, 0.717) is 0 Å². The molecule has 0 aromatic heterocycles. The van der Waals surface area contributed by atoms with E-state index in [1.165, 1.54) is 37.9 Å². The average molecular weight is 364 g/mol. The number of hydrogen-bond donors (Lipinski definition) is 1. The third kappa shape index (κ3) is 4.51. The highest BCUT2D eigenvalue weighted by molar-refractivity contribution is 5.94. The molecule has 1 unspecified atom stereocenters. The normalized spacial score (nSPS) is 21.4. The smallest absolute Gasteiger partial charge is 0.322 e. The fourth-order valence-electron chi connectivity index (χ4n) is 4.40. The minimum atomic E-state index is 0.0453. The number of nitrogens with one attached hydrogen (secondary N) is 1. The van der Waals surface area contributed by atoms with Crippen LogP contribution >= 0.6 is 0 Å². The summed E-state index contributed by atoms with van der Waals surface area (Å²) in [5, 5.41) is 3.02. The molecule has 1 atom stereocenters. The van der Waals surface area contributed by atoms with Crippen LogP contribution in [0.4, 0.5) is 10.5 Å². The minimum Gasteiger partial charge on any atom is -0.336 e. The Morgan fingerprint density at radius 1 is 0.889 bits per heavy atom. The summed E-state index contributed by atoms with van der Waals surface area (Å²) in [5.41, 5.74) is 2.42. The van der Waals surface area contributed by atoms with Gasteiger partial charge in [-0.25, -0.2) is 4.79 Å². The van der Waals surface area contributed by atoms with Crippen molar-refractivity contribution in [3.63, 3.8) is 0 Å². The van der Waals surface area contributed by atoms with Gasteiger partial charge in [0.05, 0.1) is 6.04 Å². The summed E-state index contributed by atoms with van der Waals surface area (Å²) in [4.78, 5) is 16.8. The van der Waals surface area contributed by atoms with E-state index in [2.05, 4.69) is 40.5 Å². The van der Waals surface area contributed by atoms with Crippen molar-refractivity contribution < 1.29 is 4.79 Å². The van der Waals surface area contributed by atoms with Gasteiger partial charge in [-0.05, 0) is 62.4 Å². The summed E-state index contributed by atoms with van der Waals surface area (Å²) < 4.78 is 0. The highest BCUT2D eigenvalue weighted by atomic mass is 16.2. The number of piperidine rings is 1. The van der Waals surface area contributed by atoms with E-state index in [1.807, 2.05) is 35.2 Å². The summed E-state index contributed by atoms with van der Waals surface area (Å²) in [7, 11) is 0. The van der Waals surface area contributed by atoms with Gasteiger partial charge in [0.25, 0.3) is 0 Å². The SMILES string of the molecule is O=C1NCC(CCC2CCN(Cc3ccccc3)CC2)N1c1ccccc1. The van der Waals surface area contributed by atoms with E-state index in [1.54, 1.807) is 0 Å². The van der Waals surface area contributed by atoms with Crippen molar-refractivity contribution in [1.82, 2.24) is 10.2 Å². The summed E-state index contributed by atoms with van der Waals surface area (Å²) in [6.45, 7) is 4.20. The quantitative estimate of drug-likeness (QED) is 0.832. The Hall–Kier alpha value is -2.33. The molecule has 4 heteroatoms. The lowest BCUT2D eigenvalue weighted by Crippen LogP contribution is -2.36. The summed E-state index contributed by atoms with van der Waals surface area (Å²) in [5.74, 6) is 0.783. The van der Waals surface area contributed by atoms with E-state index in [4.69, 9.17) is 0 Å². The maximum Gasteiger partial charge on any atom is 0.322 e. The maximum atomic E-state index is 12.3. The summed E-state index contributed by atoms with van der Waals surface area (Å²) >= 11 is 0. The number of nitrogens with zero attached hydrogens (tertiary/aromatic N) is 2. The molecule has 0 aliphatic carbocycles. The van der Waals surface area contributed by atoms with Gasteiger partial charge < -0.3 is 5.32 Å². The first-order chi connectivity index (χ1) is 13.3. The molecule has 2 aromatic rings. The van der Waals surface area contributed by atoms with Crippen molar-refractivity contribution in [1.29, 1.82) is 0 Å². The van der Waals surface area contributed by atoms with Crippen molar-refractivity contribution in [2.24, 2.45) is 5.92 Å². The Bertz CT molecular complexity index is 726. The second kappa shape index (κ2) is 8.57. The number of para-hydroxylation sites is 1. The number of urea groups is 1. The van der Waals surface area contributed by atoms with Crippen molar-refractivity contribution in [2.45, 2.75) is 38.3 Å². The Morgan fingerprint density at radius 3 is 2.26 bits per heavy atom. The molecule has 0 bridgehead atoms. The molecule has 142 valence electrons. The number of benzene rings is 2. The first kappa shape index (κ1) is 18.1. The van der Waals surface area contributed by atoms with Crippen LogP contribution in [0.25, 0.3) is 0 Å². The van der Waals surface area contributed by atoms with Crippen molar-refractivity contribution in [3.05, 3.63) is 66.2 Å². The monoisotopic (exact) mass is 363 g/mol. The molecule has 27 heavy (non-hydrogen) atoms. The Labute approximate surface area is 162 Å². The number of anilines is 1. The number of hydrogen-bond acceptors (Lipinski definition) is 2. The van der Waals surface area contributed by atoms with Gasteiger partial charge in [-0.2, -0.15) is 0 Å². The van der Waals surface area contributed by atoms with Gasteiger partial charge in [0.2, 0.25) is 0 Å². The Kier molecular flexibility index (Phi) is 5.73. The Morgan fingerprint density at radius 2 is 1.56 bits per heavy atom. The van der Waals surface area contributed by atoms with Crippen LogP contribution in [0.2, 0.25) is 0 Å². The zero-order valence-corrected chi connectivity index (χ0v) is 15.9. The van der Waals surface area contributed by atoms with Crippen LogP contribution in [-0.4, -0.2) is 36.6 Å². The first-order valence-corrected chi connectivity index (χ1v) is 10.2. The van der Waals surface area contributed by atoms with Crippen LogP contribution in [-0.2, 0) is 6.54 Å². The number of amides is 2. The summed E-state index contributed by atoms with van der Waals surface area (Å²) in [6.07, 6.45) is 4.83. The predicted octanol–water partition coefficient (Wildman–Crippen LogP) is 4.28. The third-order valence-electron chi connectivity index (χ3n) is 5.97. The minimum absolute atomic E-state index is 0.0453. The number of likely N-dealkylation sites (tertiary alicyclic amines) is 1. The molecule has 1 N–H and O–H groups in total. The Balaban J connectivity index is 1.25. The molecule has 0 spiro atoms. The zero-order valence-electron chi connectivity index (χ0n) is 15.9. The second-order valence-electron chi connectivity index (χ2n) is 7.83. The topological polar surface area (TPSA) is 35.6 Å². The highest BCUT2D eigenvalue weighted by Crippen LogP contribution is 2.28. The number of rotatable bonds is 6. The standard InChI is InChI=1S/C23H29N3O/c27-23-24-17-22(26(23)21-9-5-2-6-10-21)12-11-19-13-15-25(16-14-19)18-20-7-3-1-4-8-20/h1-10,19,22H,11-18H2,(H,24,27). The molecule has 2 fully saturated rings. The van der Waals surface area contributed by atoms with Crippen LogP contribution in [0, 0.1) is 5.92 Å². The molecule has 0 saturated carbocycles. The molecule has 0 radical (unpaired) electrons. The van der Waals surface area contributed by atoms with Crippen molar-refractivity contribution >= 4 is 11.7 Å². The summed E-state index contributed by atoms with van der Waals surface area (Å²) in [6, 6.07) is 21.1. The van der Waals surface area contributed by atoms with Gasteiger partial charge in [-0.1, -0.05) is 48.5 Å². The number of carbonyl (C=O) groups is 1. The predicted molar refractivity (Wildman–Crippen MR) is 110 cm³/mol. The van der Waals surface area contributed by atoms with Gasteiger partial charge in [0, 0.05) is 18.8 Å². The van der Waals surface area contributed by atoms with Gasteiger partial charge in [-0.15, -0.1) is 0 Å². The largest absolute Gasteiger partial charge is 0.336 e. The van der Waals surface area contributed by atoms with Crippen LogP contribution in [0.15, 0.2) is 60.7 Å². The van der Waals surface area contributed by atoms with E-state index >= 15 is 0 Å². The van der Waals surface area contributed by atoms with Gasteiger partial charge in [-0.3, -0.25) is 9.80 Å². The van der Waals surface area contributed by atoms with E-state index in [-0.39, 0.29) is 12.1 Å². The van der Waals surface area contributed by atoms with Gasteiger partial charge in [0.1, 0.15) is 0 Å². The lowest BCUT2D eigenvalue weighted by molar-refractivity contribution is 0.170. The molecule has 2 aliphatic heterocycles. The van der Waals surface area contributed by atoms with Crippen LogP contribution in [0.3, 0.4) is 0 Å². The van der Waals surface area contributed by atoms with E-state index in [9.17, 15) is 4.79 Å². The van der Waals surface area contributed by atoms with E-state index < -0.39 is 0 Å². The molecule has 2 saturated heterocycles. The molecule has 4 nitrogen and oxygen atoms in total. The fourth-order valence-corrected chi connectivity index (χ4v) is 4.40. The second-order valence-corrected chi connectivity index (χ2v) is 7.83. The average Bonchev–Trinajstić information content (AvgIpc) is 3.09. The molecule has 2 amide bonds. The first-order valence-electron chi connectivity index (χ1n) is 10.2. The molecule has 2 aromatic carbocycles.